The molecule has 4 heteroatoms. The molecule has 0 fully saturated rings. The van der Waals surface area contributed by atoms with E-state index in [9.17, 15) is 4.79 Å². The Bertz CT molecular complexity index is 1130. The number of carbonyl (C=O) groups excluding carboxylic acids is 1. The highest BCUT2D eigenvalue weighted by molar-refractivity contribution is 8.00. The molecule has 0 saturated carbocycles. The van der Waals surface area contributed by atoms with Crippen LogP contribution in [0.2, 0.25) is 0 Å². The van der Waals surface area contributed by atoms with E-state index in [4.69, 9.17) is 0 Å². The van der Waals surface area contributed by atoms with Gasteiger partial charge in [0.15, 0.2) is 0 Å². The van der Waals surface area contributed by atoms with Crippen LogP contribution < -0.4 is 5.43 Å². The van der Waals surface area contributed by atoms with E-state index in [2.05, 4.69) is 40.9 Å². The lowest BCUT2D eigenvalue weighted by Crippen LogP contribution is -2.19. The second kappa shape index (κ2) is 8.28. The summed E-state index contributed by atoms with van der Waals surface area (Å²) in [5, 5.41) is 8.79. The number of hydrogen-bond donors (Lipinski definition) is 1. The number of hydrogen-bond acceptors (Lipinski definition) is 3. The molecule has 0 spiro atoms. The third-order valence-electron chi connectivity index (χ3n) is 4.65. The van der Waals surface area contributed by atoms with Crippen LogP contribution in [-0.4, -0.2) is 17.9 Å². The van der Waals surface area contributed by atoms with Gasteiger partial charge >= 0.3 is 0 Å². The number of aryl methyl sites for hydroxylation is 1. The van der Waals surface area contributed by atoms with Crippen molar-refractivity contribution in [2.45, 2.75) is 11.8 Å². The van der Waals surface area contributed by atoms with Crippen LogP contribution in [0.3, 0.4) is 0 Å². The third kappa shape index (κ3) is 3.92. The highest BCUT2D eigenvalue weighted by atomic mass is 32.2. The van der Waals surface area contributed by atoms with Gasteiger partial charge in [-0.3, -0.25) is 4.79 Å². The zero-order valence-electron chi connectivity index (χ0n) is 15.6. The molecule has 4 aromatic rings. The second-order valence-corrected chi connectivity index (χ2v) is 7.60. The summed E-state index contributed by atoms with van der Waals surface area (Å²) in [6.07, 6.45) is 1.75. The van der Waals surface area contributed by atoms with Crippen molar-refractivity contribution in [2.24, 2.45) is 5.10 Å². The molecule has 0 heterocycles. The van der Waals surface area contributed by atoms with Gasteiger partial charge in [-0.2, -0.15) is 5.10 Å². The van der Waals surface area contributed by atoms with E-state index in [-0.39, 0.29) is 5.91 Å². The Kier molecular flexibility index (Phi) is 5.40. The van der Waals surface area contributed by atoms with Crippen molar-refractivity contribution in [2.75, 3.05) is 5.75 Å². The molecular weight excluding hydrogens is 364 g/mol. The Morgan fingerprint density at radius 1 is 0.929 bits per heavy atom. The van der Waals surface area contributed by atoms with Crippen LogP contribution in [0.25, 0.3) is 21.5 Å². The zero-order valence-corrected chi connectivity index (χ0v) is 16.4. The quantitative estimate of drug-likeness (QED) is 0.212. The molecule has 4 aromatic carbocycles. The van der Waals surface area contributed by atoms with Gasteiger partial charge in [-0.05, 0) is 46.2 Å². The first kappa shape index (κ1) is 18.3. The summed E-state index contributed by atoms with van der Waals surface area (Å²) in [6.45, 7) is 2.05. The maximum Gasteiger partial charge on any atom is 0.250 e. The third-order valence-corrected chi connectivity index (χ3v) is 5.82. The summed E-state index contributed by atoms with van der Waals surface area (Å²) in [4.78, 5) is 13.3. The van der Waals surface area contributed by atoms with Crippen LogP contribution in [-0.2, 0) is 4.79 Å². The van der Waals surface area contributed by atoms with Crippen LogP contribution in [0.15, 0.2) is 88.9 Å². The molecule has 0 saturated heterocycles. The molecule has 0 aliphatic heterocycles. The topological polar surface area (TPSA) is 41.5 Å². The minimum absolute atomic E-state index is 0.117. The van der Waals surface area contributed by atoms with E-state index in [0.717, 1.165) is 32.0 Å². The zero-order chi connectivity index (χ0) is 19.3. The maximum atomic E-state index is 12.2. The van der Waals surface area contributed by atoms with Gasteiger partial charge in [0.1, 0.15) is 0 Å². The van der Waals surface area contributed by atoms with Crippen LogP contribution in [0.5, 0.6) is 0 Å². The molecule has 1 amide bonds. The summed E-state index contributed by atoms with van der Waals surface area (Å²) in [6, 6.07) is 26.7. The van der Waals surface area contributed by atoms with Gasteiger partial charge < -0.3 is 0 Å². The predicted molar refractivity (Wildman–Crippen MR) is 119 cm³/mol. The number of carbonyl (C=O) groups is 1. The smallest absolute Gasteiger partial charge is 0.250 e. The van der Waals surface area contributed by atoms with Gasteiger partial charge in [0, 0.05) is 10.5 Å². The summed E-state index contributed by atoms with van der Waals surface area (Å²) >= 11 is 1.52. The normalized spacial score (nSPS) is 11.3. The van der Waals surface area contributed by atoms with E-state index < -0.39 is 0 Å². The minimum atomic E-state index is -0.117. The van der Waals surface area contributed by atoms with Gasteiger partial charge in [0.05, 0.1) is 12.0 Å². The molecule has 138 valence electrons. The molecule has 0 unspecified atom stereocenters. The number of benzene rings is 4. The fourth-order valence-corrected chi connectivity index (χ4v) is 4.07. The van der Waals surface area contributed by atoms with Gasteiger partial charge in [0.25, 0.3) is 0 Å². The van der Waals surface area contributed by atoms with Crippen LogP contribution in [0, 0.1) is 6.92 Å². The van der Waals surface area contributed by atoms with E-state index >= 15 is 0 Å². The largest absolute Gasteiger partial charge is 0.272 e. The average molecular weight is 385 g/mol. The number of hydrazone groups is 1. The van der Waals surface area contributed by atoms with Gasteiger partial charge in [0.2, 0.25) is 5.91 Å². The second-order valence-electron chi connectivity index (χ2n) is 6.58. The van der Waals surface area contributed by atoms with Crippen molar-refractivity contribution in [3.63, 3.8) is 0 Å². The van der Waals surface area contributed by atoms with Crippen LogP contribution >= 0.6 is 11.8 Å². The fourth-order valence-electron chi connectivity index (χ4n) is 3.25. The fraction of sp³-hybridized carbons (Fsp3) is 0.0833. The Labute approximate surface area is 168 Å². The highest BCUT2D eigenvalue weighted by Gasteiger charge is 2.06. The highest BCUT2D eigenvalue weighted by Crippen LogP contribution is 2.27. The molecule has 0 atom stereocenters. The van der Waals surface area contributed by atoms with E-state index in [1.54, 1.807) is 6.21 Å². The van der Waals surface area contributed by atoms with E-state index in [1.807, 2.05) is 55.5 Å². The first-order chi connectivity index (χ1) is 13.7. The first-order valence-electron chi connectivity index (χ1n) is 9.13. The minimum Gasteiger partial charge on any atom is -0.272 e. The maximum absolute atomic E-state index is 12.2. The molecule has 0 aromatic heterocycles. The summed E-state index contributed by atoms with van der Waals surface area (Å²) in [7, 11) is 0. The lowest BCUT2D eigenvalue weighted by Gasteiger charge is -2.08. The number of amides is 1. The molecule has 28 heavy (non-hydrogen) atoms. The average Bonchev–Trinajstić information content (AvgIpc) is 2.72. The van der Waals surface area contributed by atoms with Crippen molar-refractivity contribution in [1.82, 2.24) is 5.43 Å². The first-order valence-corrected chi connectivity index (χ1v) is 10.1. The summed E-state index contributed by atoms with van der Waals surface area (Å²) in [5.74, 6) is 0.215. The van der Waals surface area contributed by atoms with E-state index in [1.165, 1.54) is 17.3 Å². The molecule has 0 aliphatic carbocycles. The number of thioether (sulfide) groups is 1. The van der Waals surface area contributed by atoms with Crippen molar-refractivity contribution in [3.8, 4) is 0 Å². The predicted octanol–water partition coefficient (Wildman–Crippen LogP) is 5.54. The molecule has 0 radical (unpaired) electrons. The van der Waals surface area contributed by atoms with Gasteiger partial charge in [-0.1, -0.05) is 66.7 Å². The summed E-state index contributed by atoms with van der Waals surface area (Å²) in [5.41, 5.74) is 4.85. The Balaban J connectivity index is 1.53. The van der Waals surface area contributed by atoms with Crippen LogP contribution in [0.4, 0.5) is 0 Å². The Hall–Kier alpha value is -3.11. The van der Waals surface area contributed by atoms with E-state index in [0.29, 0.717) is 5.75 Å². The number of nitrogens with zero attached hydrogens (tertiary/aromatic N) is 1. The molecule has 0 aliphatic rings. The lowest BCUT2D eigenvalue weighted by atomic mass is 9.97. The van der Waals surface area contributed by atoms with Gasteiger partial charge in [-0.25, -0.2) is 5.43 Å². The standard InChI is InChI=1S/C24H20N2OS/c1-17-8-2-7-13-23(17)28-16-24(27)26-25-15-22-20-11-5-3-9-18(20)14-19-10-4-6-12-21(19)22/h2-15H,16H2,1H3,(H,26,27)/b25-15-. The monoisotopic (exact) mass is 384 g/mol. The molecule has 4 rings (SSSR count). The molecule has 0 bridgehead atoms. The SMILES string of the molecule is Cc1ccccc1SCC(=O)N/N=C\c1c2ccccc2cc2ccccc12. The van der Waals surface area contributed by atoms with Gasteiger partial charge in [-0.15, -0.1) is 11.8 Å². The van der Waals surface area contributed by atoms with Crippen molar-refractivity contribution in [3.05, 3.63) is 90.0 Å². The molecule has 1 N–H and O–H groups in total. The van der Waals surface area contributed by atoms with Crippen molar-refractivity contribution >= 4 is 45.4 Å². The van der Waals surface area contributed by atoms with Crippen molar-refractivity contribution < 1.29 is 4.79 Å². The number of rotatable bonds is 5. The van der Waals surface area contributed by atoms with Crippen LogP contribution in [0.1, 0.15) is 11.1 Å². The lowest BCUT2D eigenvalue weighted by molar-refractivity contribution is -0.118. The number of fused-ring (bicyclic) bond motifs is 2. The number of nitrogens with one attached hydrogen (secondary N) is 1. The Morgan fingerprint density at radius 3 is 2.21 bits per heavy atom. The molecular formula is C24H20N2OS. The van der Waals surface area contributed by atoms with Crippen molar-refractivity contribution in [1.29, 1.82) is 0 Å². The molecule has 3 nitrogen and oxygen atoms in total. The Morgan fingerprint density at radius 2 is 1.54 bits per heavy atom. The summed E-state index contributed by atoms with van der Waals surface area (Å²) < 4.78 is 0.